The molecule has 0 aromatic heterocycles. The third kappa shape index (κ3) is 2.80. The van der Waals surface area contributed by atoms with E-state index in [1.54, 1.807) is 5.06 Å². The van der Waals surface area contributed by atoms with Crippen molar-refractivity contribution in [2.24, 2.45) is 5.92 Å². The molecule has 17 heavy (non-hydrogen) atoms. The van der Waals surface area contributed by atoms with Gasteiger partial charge in [-0.3, -0.25) is 4.84 Å². The highest BCUT2D eigenvalue weighted by molar-refractivity contribution is 4.91. The van der Waals surface area contributed by atoms with E-state index in [0.717, 1.165) is 19.4 Å². The molecule has 0 aromatic rings. The van der Waals surface area contributed by atoms with Crippen LogP contribution < -0.4 is 0 Å². The first-order valence-corrected chi connectivity index (χ1v) is 6.58. The van der Waals surface area contributed by atoms with Gasteiger partial charge in [0, 0.05) is 25.7 Å². The maximum atomic E-state index is 10.3. The lowest BCUT2D eigenvalue weighted by atomic mass is 9.96. The minimum atomic E-state index is -0.524. The zero-order valence-corrected chi connectivity index (χ0v) is 10.7. The summed E-state index contributed by atoms with van der Waals surface area (Å²) >= 11 is 0. The van der Waals surface area contributed by atoms with Gasteiger partial charge in [0.15, 0.2) is 6.23 Å². The Hall–Kier alpha value is -0.200. The zero-order valence-electron chi connectivity index (χ0n) is 10.7. The largest absolute Gasteiger partial charge is 0.388 e. The standard InChI is InChI=1S/C12H23NO4/c1-3-15-12-11(14)9(8-13(12)17-4-2)10-6-5-7-16-10/h9-12,14H,3-8H2,1-2H3/t9?,10-,11+,12-/m1/s1. The number of ether oxygens (including phenoxy) is 2. The number of hydrogen-bond donors (Lipinski definition) is 1. The molecule has 2 fully saturated rings. The molecule has 2 saturated heterocycles. The van der Waals surface area contributed by atoms with Crippen LogP contribution in [0.4, 0.5) is 0 Å². The molecule has 0 radical (unpaired) electrons. The molecule has 0 saturated carbocycles. The van der Waals surface area contributed by atoms with Crippen molar-refractivity contribution >= 4 is 0 Å². The summed E-state index contributed by atoms with van der Waals surface area (Å²) < 4.78 is 11.2. The van der Waals surface area contributed by atoms with Crippen molar-refractivity contribution in [1.82, 2.24) is 5.06 Å². The molecule has 1 N–H and O–H groups in total. The van der Waals surface area contributed by atoms with Crippen LogP contribution in [0.15, 0.2) is 0 Å². The van der Waals surface area contributed by atoms with Crippen molar-refractivity contribution in [1.29, 1.82) is 0 Å². The lowest BCUT2D eigenvalue weighted by molar-refractivity contribution is -0.244. The predicted molar refractivity (Wildman–Crippen MR) is 62.2 cm³/mol. The average Bonchev–Trinajstić information content (AvgIpc) is 2.92. The second kappa shape index (κ2) is 6.11. The molecule has 5 heteroatoms. The summed E-state index contributed by atoms with van der Waals surface area (Å²) in [4.78, 5) is 5.52. The Kier molecular flexibility index (Phi) is 4.76. The molecule has 4 atom stereocenters. The summed E-state index contributed by atoms with van der Waals surface area (Å²) in [7, 11) is 0. The van der Waals surface area contributed by atoms with Gasteiger partial charge in [-0.25, -0.2) is 0 Å². The van der Waals surface area contributed by atoms with Crippen LogP contribution in [0, 0.1) is 5.92 Å². The Bertz CT molecular complexity index is 233. The van der Waals surface area contributed by atoms with Gasteiger partial charge in [0.1, 0.15) is 6.10 Å². The SMILES string of the molecule is CCO[C@@H]1[C@@H](O)C([C@H]2CCCO2)CN1OCC. The highest BCUT2D eigenvalue weighted by atomic mass is 16.7. The van der Waals surface area contributed by atoms with Crippen molar-refractivity contribution in [3.63, 3.8) is 0 Å². The van der Waals surface area contributed by atoms with E-state index in [0.29, 0.717) is 19.8 Å². The summed E-state index contributed by atoms with van der Waals surface area (Å²) in [6.07, 6.45) is 1.39. The zero-order chi connectivity index (χ0) is 12.3. The number of aliphatic hydroxyl groups excluding tert-OH is 1. The predicted octanol–water partition coefficient (Wildman–Crippen LogP) is 0.772. The highest BCUT2D eigenvalue weighted by Gasteiger charge is 2.46. The Morgan fingerprint density at radius 1 is 1.35 bits per heavy atom. The molecular formula is C12H23NO4. The molecule has 2 heterocycles. The smallest absolute Gasteiger partial charge is 0.159 e. The second-order valence-corrected chi connectivity index (χ2v) is 4.57. The fourth-order valence-electron chi connectivity index (χ4n) is 2.72. The van der Waals surface area contributed by atoms with Gasteiger partial charge in [-0.1, -0.05) is 0 Å². The van der Waals surface area contributed by atoms with E-state index in [9.17, 15) is 5.11 Å². The molecule has 0 amide bonds. The number of hydrogen-bond acceptors (Lipinski definition) is 5. The topological polar surface area (TPSA) is 51.2 Å². The van der Waals surface area contributed by atoms with Crippen molar-refractivity contribution in [2.75, 3.05) is 26.4 Å². The van der Waals surface area contributed by atoms with Crippen LogP contribution in [0.3, 0.4) is 0 Å². The molecule has 0 aliphatic carbocycles. The molecular weight excluding hydrogens is 222 g/mol. The third-order valence-electron chi connectivity index (χ3n) is 3.48. The monoisotopic (exact) mass is 245 g/mol. The molecule has 2 rings (SSSR count). The van der Waals surface area contributed by atoms with Gasteiger partial charge in [0.25, 0.3) is 0 Å². The maximum absolute atomic E-state index is 10.3. The fourth-order valence-corrected chi connectivity index (χ4v) is 2.72. The molecule has 5 nitrogen and oxygen atoms in total. The van der Waals surface area contributed by atoms with Crippen LogP contribution in [-0.2, 0) is 14.3 Å². The third-order valence-corrected chi connectivity index (χ3v) is 3.48. The molecule has 2 aliphatic heterocycles. The number of aliphatic hydroxyl groups is 1. The Morgan fingerprint density at radius 3 is 2.76 bits per heavy atom. The van der Waals surface area contributed by atoms with Gasteiger partial charge in [-0.05, 0) is 26.7 Å². The molecule has 0 bridgehead atoms. The second-order valence-electron chi connectivity index (χ2n) is 4.57. The normalized spacial score (nSPS) is 39.0. The molecule has 2 aliphatic rings. The highest BCUT2D eigenvalue weighted by Crippen LogP contribution is 2.32. The fraction of sp³-hybridized carbons (Fsp3) is 1.00. The first-order chi connectivity index (χ1) is 8.27. The molecule has 1 unspecified atom stereocenters. The average molecular weight is 245 g/mol. The summed E-state index contributed by atoms with van der Waals surface area (Å²) in [5.74, 6) is 0.0978. The van der Waals surface area contributed by atoms with Crippen molar-refractivity contribution in [3.8, 4) is 0 Å². The minimum absolute atomic E-state index is 0.0978. The van der Waals surface area contributed by atoms with Gasteiger partial charge in [-0.15, -0.1) is 0 Å². The number of hydroxylamine groups is 2. The van der Waals surface area contributed by atoms with Crippen molar-refractivity contribution in [2.45, 2.75) is 45.1 Å². The Morgan fingerprint density at radius 2 is 2.18 bits per heavy atom. The van der Waals surface area contributed by atoms with E-state index in [1.807, 2.05) is 13.8 Å². The van der Waals surface area contributed by atoms with Crippen LogP contribution in [0.5, 0.6) is 0 Å². The molecule has 0 spiro atoms. The molecule has 0 aromatic carbocycles. The summed E-state index contributed by atoms with van der Waals surface area (Å²) in [6.45, 7) is 6.52. The summed E-state index contributed by atoms with van der Waals surface area (Å²) in [6, 6.07) is 0. The van der Waals surface area contributed by atoms with Crippen LogP contribution in [0.1, 0.15) is 26.7 Å². The van der Waals surface area contributed by atoms with Crippen molar-refractivity contribution in [3.05, 3.63) is 0 Å². The van der Waals surface area contributed by atoms with Crippen LogP contribution >= 0.6 is 0 Å². The van der Waals surface area contributed by atoms with Gasteiger partial charge < -0.3 is 14.6 Å². The van der Waals surface area contributed by atoms with Gasteiger partial charge >= 0.3 is 0 Å². The van der Waals surface area contributed by atoms with Crippen molar-refractivity contribution < 1.29 is 19.4 Å². The maximum Gasteiger partial charge on any atom is 0.159 e. The lowest BCUT2D eigenvalue weighted by Crippen LogP contribution is -2.39. The molecule has 100 valence electrons. The first kappa shape index (κ1) is 13.2. The van der Waals surface area contributed by atoms with Crippen LogP contribution in [0.25, 0.3) is 0 Å². The summed E-state index contributed by atoms with van der Waals surface area (Å²) in [5, 5.41) is 12.1. The van der Waals surface area contributed by atoms with E-state index in [4.69, 9.17) is 14.3 Å². The summed E-state index contributed by atoms with van der Waals surface area (Å²) in [5.41, 5.74) is 0. The van der Waals surface area contributed by atoms with E-state index in [1.165, 1.54) is 0 Å². The Balaban J connectivity index is 1.99. The minimum Gasteiger partial charge on any atom is -0.388 e. The van der Waals surface area contributed by atoms with E-state index < -0.39 is 6.10 Å². The Labute approximate surface area is 103 Å². The van der Waals surface area contributed by atoms with Crippen LogP contribution in [-0.4, -0.2) is 55.0 Å². The van der Waals surface area contributed by atoms with Gasteiger partial charge in [-0.2, -0.15) is 5.06 Å². The quantitative estimate of drug-likeness (QED) is 0.775. The van der Waals surface area contributed by atoms with E-state index in [2.05, 4.69) is 0 Å². The van der Waals surface area contributed by atoms with E-state index in [-0.39, 0.29) is 18.2 Å². The van der Waals surface area contributed by atoms with E-state index >= 15 is 0 Å². The van der Waals surface area contributed by atoms with Crippen LogP contribution in [0.2, 0.25) is 0 Å². The lowest BCUT2D eigenvalue weighted by Gasteiger charge is -2.24. The van der Waals surface area contributed by atoms with Gasteiger partial charge in [0.05, 0.1) is 12.7 Å². The first-order valence-electron chi connectivity index (χ1n) is 6.58. The number of rotatable bonds is 5. The number of nitrogens with zero attached hydrogens (tertiary/aromatic N) is 1. The van der Waals surface area contributed by atoms with Gasteiger partial charge in [0.2, 0.25) is 0 Å².